The van der Waals surface area contributed by atoms with E-state index in [0.717, 1.165) is 11.8 Å². The number of imidazole rings is 1. The minimum absolute atomic E-state index is 0.195. The lowest BCUT2D eigenvalue weighted by molar-refractivity contribution is -0.133. The Hall–Kier alpha value is -1.05. The van der Waals surface area contributed by atoms with E-state index in [4.69, 9.17) is 28.3 Å². The van der Waals surface area contributed by atoms with Crippen molar-refractivity contribution in [3.63, 3.8) is 0 Å². The second-order valence-electron chi connectivity index (χ2n) is 3.83. The fraction of sp³-hybridized carbons (Fsp3) is 0.273. The zero-order valence-corrected chi connectivity index (χ0v) is 12.1. The molecular formula is C11H8Cl2F2N2O2S. The van der Waals surface area contributed by atoms with Crippen molar-refractivity contribution in [2.45, 2.75) is 18.1 Å². The SMILES string of the molecule is O=C(O)CSc1nc2cc(Cl)c(Cl)cc2n1CC(F)F. The molecule has 0 saturated carbocycles. The van der Waals surface area contributed by atoms with Gasteiger partial charge < -0.3 is 9.67 Å². The first-order valence-electron chi connectivity index (χ1n) is 5.36. The minimum Gasteiger partial charge on any atom is -0.481 e. The summed E-state index contributed by atoms with van der Waals surface area (Å²) < 4.78 is 26.5. The number of aliphatic carboxylic acids is 1. The van der Waals surface area contributed by atoms with Crippen LogP contribution in [-0.4, -0.2) is 32.8 Å². The quantitative estimate of drug-likeness (QED) is 0.841. The van der Waals surface area contributed by atoms with Crippen LogP contribution in [0, 0.1) is 0 Å². The molecule has 0 amide bonds. The third-order valence-electron chi connectivity index (χ3n) is 2.40. The number of hydrogen-bond donors (Lipinski definition) is 1. The Bertz CT molecular complexity index is 663. The molecule has 0 aliphatic heterocycles. The third-order valence-corrected chi connectivity index (χ3v) is 4.08. The summed E-state index contributed by atoms with van der Waals surface area (Å²) in [6, 6.07) is 2.91. The number of fused-ring (bicyclic) bond motifs is 1. The Kier molecular flexibility index (Phi) is 4.72. The zero-order chi connectivity index (χ0) is 14.9. The molecule has 0 bridgehead atoms. The highest BCUT2D eigenvalue weighted by molar-refractivity contribution is 7.99. The van der Waals surface area contributed by atoms with Crippen LogP contribution < -0.4 is 0 Å². The van der Waals surface area contributed by atoms with E-state index in [1.54, 1.807) is 0 Å². The molecular weight excluding hydrogens is 333 g/mol. The number of hydrogen-bond acceptors (Lipinski definition) is 3. The van der Waals surface area contributed by atoms with Gasteiger partial charge in [0.25, 0.3) is 6.43 Å². The van der Waals surface area contributed by atoms with Gasteiger partial charge >= 0.3 is 5.97 Å². The highest BCUT2D eigenvalue weighted by atomic mass is 35.5. The van der Waals surface area contributed by atoms with Crippen LogP contribution >= 0.6 is 35.0 Å². The third kappa shape index (κ3) is 3.34. The van der Waals surface area contributed by atoms with Gasteiger partial charge in [-0.15, -0.1) is 0 Å². The number of rotatable bonds is 5. The number of aromatic nitrogens is 2. The van der Waals surface area contributed by atoms with Crippen molar-refractivity contribution in [1.82, 2.24) is 9.55 Å². The van der Waals surface area contributed by atoms with E-state index in [2.05, 4.69) is 4.98 Å². The lowest BCUT2D eigenvalue weighted by atomic mass is 10.3. The van der Waals surface area contributed by atoms with E-state index in [0.29, 0.717) is 11.0 Å². The van der Waals surface area contributed by atoms with Gasteiger partial charge in [-0.25, -0.2) is 13.8 Å². The normalized spacial score (nSPS) is 11.4. The standard InChI is InChI=1S/C11H8Cl2F2N2O2S/c12-5-1-7-8(2-6(5)13)17(3-9(14)15)11(16-7)20-4-10(18)19/h1-2,9H,3-4H2,(H,18,19). The molecule has 2 rings (SSSR count). The molecule has 0 unspecified atom stereocenters. The molecule has 0 atom stereocenters. The van der Waals surface area contributed by atoms with Gasteiger partial charge in [0.15, 0.2) is 5.16 Å². The fourth-order valence-electron chi connectivity index (χ4n) is 1.65. The summed E-state index contributed by atoms with van der Waals surface area (Å²) in [6.45, 7) is -0.587. The molecule has 0 saturated heterocycles. The fourth-order valence-corrected chi connectivity index (χ4v) is 2.71. The average Bonchev–Trinajstić information content (AvgIpc) is 2.65. The van der Waals surface area contributed by atoms with Crippen molar-refractivity contribution < 1.29 is 18.7 Å². The van der Waals surface area contributed by atoms with Crippen LogP contribution in [0.1, 0.15) is 0 Å². The molecule has 1 aromatic heterocycles. The summed E-state index contributed by atoms with van der Waals surface area (Å²) in [5.41, 5.74) is 0.792. The van der Waals surface area contributed by atoms with Crippen LogP contribution in [-0.2, 0) is 11.3 Å². The van der Waals surface area contributed by atoms with Gasteiger partial charge in [-0.3, -0.25) is 4.79 Å². The number of benzene rings is 1. The maximum atomic E-state index is 12.7. The largest absolute Gasteiger partial charge is 0.481 e. The molecule has 0 aliphatic carbocycles. The second-order valence-corrected chi connectivity index (χ2v) is 5.59. The highest BCUT2D eigenvalue weighted by Gasteiger charge is 2.17. The summed E-state index contributed by atoms with van der Waals surface area (Å²) in [4.78, 5) is 14.7. The Balaban J connectivity index is 2.51. The summed E-state index contributed by atoms with van der Waals surface area (Å²) in [7, 11) is 0. The molecule has 0 fully saturated rings. The van der Waals surface area contributed by atoms with Crippen LogP contribution in [0.3, 0.4) is 0 Å². The number of carboxylic acid groups (broad SMARTS) is 1. The molecule has 1 N–H and O–H groups in total. The summed E-state index contributed by atoms with van der Waals surface area (Å²) in [5, 5.41) is 9.34. The molecule has 0 spiro atoms. The van der Waals surface area contributed by atoms with Gasteiger partial charge in [0.1, 0.15) is 0 Å². The van der Waals surface area contributed by atoms with E-state index in [-0.39, 0.29) is 21.0 Å². The number of nitrogens with zero attached hydrogens (tertiary/aromatic N) is 2. The van der Waals surface area contributed by atoms with Gasteiger partial charge in [-0.05, 0) is 12.1 Å². The van der Waals surface area contributed by atoms with E-state index in [1.807, 2.05) is 0 Å². The first kappa shape index (κ1) is 15.3. The van der Waals surface area contributed by atoms with Crippen molar-refractivity contribution >= 4 is 52.0 Å². The van der Waals surface area contributed by atoms with Gasteiger partial charge in [0.05, 0.1) is 33.4 Å². The van der Waals surface area contributed by atoms with Crippen molar-refractivity contribution in [2.75, 3.05) is 5.75 Å². The minimum atomic E-state index is -2.59. The average molecular weight is 341 g/mol. The Labute approximate surface area is 126 Å². The number of carbonyl (C=O) groups is 1. The van der Waals surface area contributed by atoms with Gasteiger partial charge in [0.2, 0.25) is 0 Å². The smallest absolute Gasteiger partial charge is 0.313 e. The first-order valence-corrected chi connectivity index (χ1v) is 7.10. The summed E-state index contributed by atoms with van der Waals surface area (Å²) in [5.74, 6) is -1.32. The van der Waals surface area contributed by atoms with Gasteiger partial charge in [0, 0.05) is 0 Å². The number of halogens is 4. The molecule has 0 radical (unpaired) electrons. The molecule has 2 aromatic rings. The van der Waals surface area contributed by atoms with Crippen LogP contribution in [0.15, 0.2) is 17.3 Å². The maximum Gasteiger partial charge on any atom is 0.313 e. The molecule has 9 heteroatoms. The molecule has 108 valence electrons. The molecule has 0 aliphatic rings. The van der Waals surface area contributed by atoms with Gasteiger partial charge in [-0.1, -0.05) is 35.0 Å². The number of thioether (sulfide) groups is 1. The molecule has 4 nitrogen and oxygen atoms in total. The number of alkyl halides is 2. The Morgan fingerprint density at radius 1 is 1.40 bits per heavy atom. The van der Waals surface area contributed by atoms with E-state index in [1.165, 1.54) is 16.7 Å². The summed E-state index contributed by atoms with van der Waals surface area (Å²) in [6.07, 6.45) is -2.59. The summed E-state index contributed by atoms with van der Waals surface area (Å²) >= 11 is 12.6. The Morgan fingerprint density at radius 3 is 2.65 bits per heavy atom. The van der Waals surface area contributed by atoms with E-state index in [9.17, 15) is 13.6 Å². The van der Waals surface area contributed by atoms with Crippen molar-refractivity contribution in [3.05, 3.63) is 22.2 Å². The topological polar surface area (TPSA) is 55.1 Å². The number of carboxylic acids is 1. The molecule has 1 aromatic carbocycles. The van der Waals surface area contributed by atoms with Crippen molar-refractivity contribution in [2.24, 2.45) is 0 Å². The monoisotopic (exact) mass is 340 g/mol. The van der Waals surface area contributed by atoms with Crippen molar-refractivity contribution in [3.8, 4) is 0 Å². The Morgan fingerprint density at radius 2 is 2.05 bits per heavy atom. The first-order chi connectivity index (χ1) is 9.38. The predicted molar refractivity (Wildman–Crippen MR) is 74.1 cm³/mol. The van der Waals surface area contributed by atoms with Crippen molar-refractivity contribution in [1.29, 1.82) is 0 Å². The van der Waals surface area contributed by atoms with Crippen LogP contribution in [0.2, 0.25) is 10.0 Å². The maximum absolute atomic E-state index is 12.7. The molecule has 1 heterocycles. The van der Waals surface area contributed by atoms with Gasteiger partial charge in [-0.2, -0.15) is 0 Å². The highest BCUT2D eigenvalue weighted by Crippen LogP contribution is 2.31. The second kappa shape index (κ2) is 6.15. The van der Waals surface area contributed by atoms with Crippen LogP contribution in [0.4, 0.5) is 8.78 Å². The lowest BCUT2D eigenvalue weighted by Crippen LogP contribution is -2.09. The van der Waals surface area contributed by atoms with E-state index >= 15 is 0 Å². The zero-order valence-electron chi connectivity index (χ0n) is 9.82. The molecule has 20 heavy (non-hydrogen) atoms. The predicted octanol–water partition coefficient (Wildman–Crippen LogP) is 3.78. The van der Waals surface area contributed by atoms with Crippen LogP contribution in [0.5, 0.6) is 0 Å². The van der Waals surface area contributed by atoms with Crippen LogP contribution in [0.25, 0.3) is 11.0 Å². The lowest BCUT2D eigenvalue weighted by Gasteiger charge is -2.07. The van der Waals surface area contributed by atoms with E-state index < -0.39 is 18.9 Å².